The first kappa shape index (κ1) is 17.9. The molecule has 0 unspecified atom stereocenters. The van der Waals surface area contributed by atoms with Crippen molar-refractivity contribution in [2.45, 2.75) is 0 Å². The highest BCUT2D eigenvalue weighted by Crippen LogP contribution is 2.28. The van der Waals surface area contributed by atoms with Gasteiger partial charge >= 0.3 is 0 Å². The summed E-state index contributed by atoms with van der Waals surface area (Å²) in [4.78, 5) is 28.9. The number of H-pyrrole nitrogens is 1. The Hall–Kier alpha value is -3.52. The van der Waals surface area contributed by atoms with E-state index in [4.69, 9.17) is 21.1 Å². The molecule has 0 fully saturated rings. The van der Waals surface area contributed by atoms with Gasteiger partial charge in [0.2, 0.25) is 5.43 Å². The summed E-state index contributed by atoms with van der Waals surface area (Å²) in [6.45, 7) is 0. The lowest BCUT2D eigenvalue weighted by Crippen LogP contribution is -2.26. The zero-order chi connectivity index (χ0) is 20.0. The maximum Gasteiger partial charge on any atom is 0.285 e. The Bertz CT molecular complexity index is 1360. The zero-order valence-electron chi connectivity index (χ0n) is 14.8. The molecule has 8 nitrogen and oxygen atoms in total. The predicted octanol–water partition coefficient (Wildman–Crippen LogP) is 2.60. The van der Waals surface area contributed by atoms with Crippen molar-refractivity contribution in [3.63, 3.8) is 0 Å². The van der Waals surface area contributed by atoms with Crippen molar-refractivity contribution in [1.29, 1.82) is 0 Å². The van der Waals surface area contributed by atoms with Crippen LogP contribution in [0.1, 0.15) is 0 Å². The Labute approximate surface area is 162 Å². The van der Waals surface area contributed by atoms with Gasteiger partial charge in [-0.15, -0.1) is 5.10 Å². The van der Waals surface area contributed by atoms with Crippen LogP contribution in [0.5, 0.6) is 17.4 Å². The monoisotopic (exact) mass is 399 g/mol. The lowest BCUT2D eigenvalue weighted by molar-refractivity contribution is 0.391. The number of fused-ring (bicyclic) bond motifs is 2. The van der Waals surface area contributed by atoms with Gasteiger partial charge < -0.3 is 19.6 Å². The average molecular weight is 400 g/mol. The lowest BCUT2D eigenvalue weighted by Gasteiger charge is -2.13. The number of methoxy groups -OCH3 is 2. The molecule has 2 aromatic carbocycles. The summed E-state index contributed by atoms with van der Waals surface area (Å²) in [5.41, 5.74) is -0.658. The van der Waals surface area contributed by atoms with E-state index in [-0.39, 0.29) is 27.7 Å². The molecule has 0 atom stereocenters. The molecule has 0 amide bonds. The number of hydrogen-bond donors (Lipinski definition) is 2. The second-order valence-corrected chi connectivity index (χ2v) is 6.41. The molecule has 0 aliphatic rings. The molecule has 0 aliphatic heterocycles. The van der Waals surface area contributed by atoms with Crippen LogP contribution in [-0.2, 0) is 0 Å². The topological polar surface area (TPSA) is 106 Å². The molecule has 2 N–H and O–H groups in total. The summed E-state index contributed by atoms with van der Waals surface area (Å²) in [5, 5.41) is 14.8. The van der Waals surface area contributed by atoms with Crippen LogP contribution in [0.3, 0.4) is 0 Å². The zero-order valence-corrected chi connectivity index (χ0v) is 15.6. The van der Waals surface area contributed by atoms with Crippen LogP contribution < -0.4 is 20.5 Å². The van der Waals surface area contributed by atoms with Crippen molar-refractivity contribution in [2.75, 3.05) is 14.2 Å². The standard InChI is InChI=1S/C19H14ClN3O5/c1-27-10-4-6-13(14(8-10)28-2)23-19(26)15-16(18(25)22-23)21-12-7-9(20)3-5-11(12)17(15)24/h3-8H,1-2H3,(H,21,24)(H,22,25). The van der Waals surface area contributed by atoms with Crippen molar-refractivity contribution < 1.29 is 14.6 Å². The van der Waals surface area contributed by atoms with Crippen LogP contribution in [0.4, 0.5) is 0 Å². The number of benzene rings is 2. The Morgan fingerprint density at radius 1 is 1.11 bits per heavy atom. The fraction of sp³-hybridized carbons (Fsp3) is 0.105. The molecule has 9 heteroatoms. The first-order chi connectivity index (χ1) is 13.4. The van der Waals surface area contributed by atoms with Crippen molar-refractivity contribution in [2.24, 2.45) is 0 Å². The van der Waals surface area contributed by atoms with Crippen molar-refractivity contribution in [3.8, 4) is 23.1 Å². The van der Waals surface area contributed by atoms with Gasteiger partial charge in [0, 0.05) is 16.5 Å². The molecule has 2 aromatic heterocycles. The summed E-state index contributed by atoms with van der Waals surface area (Å²) in [6, 6.07) is 9.33. The number of aromatic hydroxyl groups is 1. The van der Waals surface area contributed by atoms with Gasteiger partial charge in [0.05, 0.1) is 19.7 Å². The van der Waals surface area contributed by atoms with E-state index in [1.54, 1.807) is 24.3 Å². The average Bonchev–Trinajstić information content (AvgIpc) is 2.69. The van der Waals surface area contributed by atoms with Gasteiger partial charge in [-0.3, -0.25) is 9.59 Å². The molecule has 0 aliphatic carbocycles. The van der Waals surface area contributed by atoms with Crippen molar-refractivity contribution >= 4 is 33.4 Å². The molecule has 28 heavy (non-hydrogen) atoms. The number of aromatic amines is 1. The normalized spacial score (nSPS) is 11.1. The third kappa shape index (κ3) is 2.66. The first-order valence-electron chi connectivity index (χ1n) is 8.14. The van der Waals surface area contributed by atoms with Crippen LogP contribution in [0.15, 0.2) is 46.0 Å². The Balaban J connectivity index is 2.11. The molecule has 0 saturated carbocycles. The number of rotatable bonds is 3. The molecule has 0 bridgehead atoms. The highest BCUT2D eigenvalue weighted by molar-refractivity contribution is 6.31. The highest BCUT2D eigenvalue weighted by atomic mass is 35.5. The molecular formula is C19H14ClN3O5. The summed E-state index contributed by atoms with van der Waals surface area (Å²) < 4.78 is 11.4. The second-order valence-electron chi connectivity index (χ2n) is 5.97. The van der Waals surface area contributed by atoms with Crippen LogP contribution in [0.2, 0.25) is 5.02 Å². The molecule has 0 radical (unpaired) electrons. The van der Waals surface area contributed by atoms with E-state index in [1.807, 2.05) is 0 Å². The van der Waals surface area contributed by atoms with Crippen LogP contribution in [0, 0.1) is 0 Å². The lowest BCUT2D eigenvalue weighted by atomic mass is 10.1. The summed E-state index contributed by atoms with van der Waals surface area (Å²) in [7, 11) is 2.92. The van der Waals surface area contributed by atoms with Crippen LogP contribution in [-0.4, -0.2) is 34.1 Å². The Kier molecular flexibility index (Phi) is 4.20. The molecule has 142 valence electrons. The van der Waals surface area contributed by atoms with Gasteiger partial charge in [-0.2, -0.15) is 4.68 Å². The maximum atomic E-state index is 13.1. The highest BCUT2D eigenvalue weighted by Gasteiger charge is 2.19. The fourth-order valence-electron chi connectivity index (χ4n) is 3.05. The minimum Gasteiger partial charge on any atom is -0.497 e. The predicted molar refractivity (Wildman–Crippen MR) is 105 cm³/mol. The van der Waals surface area contributed by atoms with E-state index in [0.29, 0.717) is 16.3 Å². The molecule has 4 rings (SSSR count). The van der Waals surface area contributed by atoms with Crippen LogP contribution in [0.25, 0.3) is 27.5 Å². The van der Waals surface area contributed by atoms with Crippen LogP contribution >= 0.6 is 11.6 Å². The maximum absolute atomic E-state index is 13.1. The Morgan fingerprint density at radius 3 is 2.61 bits per heavy atom. The van der Waals surface area contributed by atoms with Gasteiger partial charge in [-0.1, -0.05) is 11.6 Å². The van der Waals surface area contributed by atoms with Gasteiger partial charge in [0.1, 0.15) is 28.1 Å². The molecule has 4 aromatic rings. The second kappa shape index (κ2) is 6.58. The molecule has 0 spiro atoms. The number of nitrogens with one attached hydrogen (secondary N) is 1. The minimum atomic E-state index is -0.700. The molecular weight excluding hydrogens is 386 g/mol. The van der Waals surface area contributed by atoms with E-state index in [2.05, 4.69) is 10.1 Å². The van der Waals surface area contributed by atoms with E-state index >= 15 is 0 Å². The van der Waals surface area contributed by atoms with Crippen molar-refractivity contribution in [1.82, 2.24) is 14.8 Å². The largest absolute Gasteiger partial charge is 0.497 e. The smallest absolute Gasteiger partial charge is 0.285 e. The van der Waals surface area contributed by atoms with E-state index in [9.17, 15) is 14.7 Å². The molecule has 2 heterocycles. The summed E-state index contributed by atoms with van der Waals surface area (Å²) in [6.07, 6.45) is 0. The first-order valence-corrected chi connectivity index (χ1v) is 8.52. The van der Waals surface area contributed by atoms with E-state index in [1.165, 1.54) is 26.4 Å². The number of halogens is 1. The number of hydrogen-bond acceptors (Lipinski definition) is 6. The van der Waals surface area contributed by atoms with Gasteiger partial charge in [0.15, 0.2) is 0 Å². The summed E-state index contributed by atoms with van der Waals surface area (Å²) >= 11 is 5.97. The van der Waals surface area contributed by atoms with E-state index in [0.717, 1.165) is 4.68 Å². The quantitative estimate of drug-likeness (QED) is 0.513. The Morgan fingerprint density at radius 2 is 1.89 bits per heavy atom. The number of ether oxygens (including phenoxy) is 2. The number of nitrogens with zero attached hydrogens (tertiary/aromatic N) is 2. The molecule has 0 saturated heterocycles. The third-order valence-corrected chi connectivity index (χ3v) is 4.64. The summed E-state index contributed by atoms with van der Waals surface area (Å²) in [5.74, 6) is 0.294. The van der Waals surface area contributed by atoms with E-state index < -0.39 is 16.9 Å². The number of pyridine rings is 1. The van der Waals surface area contributed by atoms with Gasteiger partial charge in [-0.05, 0) is 30.3 Å². The number of aromatic nitrogens is 3. The fourth-order valence-corrected chi connectivity index (χ4v) is 3.23. The SMILES string of the molecule is COc1ccc(-n2nc(O)c3[nH]c4cc(Cl)ccc4c(=O)c3c2=O)c(OC)c1. The van der Waals surface area contributed by atoms with Gasteiger partial charge in [-0.25, -0.2) is 0 Å². The van der Waals surface area contributed by atoms with Gasteiger partial charge in [0.25, 0.3) is 11.4 Å². The van der Waals surface area contributed by atoms with Crippen molar-refractivity contribution in [3.05, 3.63) is 62.0 Å². The third-order valence-electron chi connectivity index (χ3n) is 4.40. The minimum absolute atomic E-state index is 0.0616.